The van der Waals surface area contributed by atoms with Gasteiger partial charge in [-0.1, -0.05) is 0 Å². The normalized spacial score (nSPS) is 11.9. The number of ether oxygens (including phenoxy) is 2. The van der Waals surface area contributed by atoms with E-state index in [-0.39, 0.29) is 12.4 Å². The summed E-state index contributed by atoms with van der Waals surface area (Å²) in [6, 6.07) is 0. The molecule has 1 N–H and O–H groups in total. The maximum atomic E-state index is 10.6. The summed E-state index contributed by atoms with van der Waals surface area (Å²) in [5.41, 5.74) is 0. The standard InChI is InChI=1S/C7H12O4/c1-5(8)4-11-6(2)7(9)10-3/h5,8H,2,4H2,1,3H3. The van der Waals surface area contributed by atoms with Crippen LogP contribution in [0.4, 0.5) is 0 Å². The van der Waals surface area contributed by atoms with E-state index >= 15 is 0 Å². The third-order valence-electron chi connectivity index (χ3n) is 0.912. The van der Waals surface area contributed by atoms with E-state index in [0.29, 0.717) is 0 Å². The van der Waals surface area contributed by atoms with Gasteiger partial charge in [-0.25, -0.2) is 4.79 Å². The highest BCUT2D eigenvalue weighted by Crippen LogP contribution is 1.96. The van der Waals surface area contributed by atoms with Gasteiger partial charge in [0.05, 0.1) is 13.2 Å². The summed E-state index contributed by atoms with van der Waals surface area (Å²) in [6.45, 7) is 4.89. The monoisotopic (exact) mass is 160 g/mol. The van der Waals surface area contributed by atoms with Crippen LogP contribution in [0, 0.1) is 0 Å². The quantitative estimate of drug-likeness (QED) is 0.359. The first-order chi connectivity index (χ1) is 5.07. The fraction of sp³-hybridized carbons (Fsp3) is 0.571. The minimum Gasteiger partial charge on any atom is -0.484 e. The molecule has 0 aromatic carbocycles. The Bertz CT molecular complexity index is 151. The molecule has 0 amide bonds. The molecule has 0 spiro atoms. The molecule has 4 heteroatoms. The highest BCUT2D eigenvalue weighted by molar-refractivity contribution is 5.85. The Kier molecular flexibility index (Phi) is 4.29. The van der Waals surface area contributed by atoms with E-state index in [1.807, 2.05) is 0 Å². The van der Waals surface area contributed by atoms with Crippen molar-refractivity contribution in [1.29, 1.82) is 0 Å². The van der Waals surface area contributed by atoms with Gasteiger partial charge in [0, 0.05) is 0 Å². The van der Waals surface area contributed by atoms with Crippen LogP contribution in [0.3, 0.4) is 0 Å². The van der Waals surface area contributed by atoms with Crippen LogP contribution < -0.4 is 0 Å². The Morgan fingerprint density at radius 1 is 1.73 bits per heavy atom. The van der Waals surface area contributed by atoms with Crippen molar-refractivity contribution in [1.82, 2.24) is 0 Å². The van der Waals surface area contributed by atoms with Crippen LogP contribution in [-0.2, 0) is 14.3 Å². The van der Waals surface area contributed by atoms with Crippen molar-refractivity contribution in [3.63, 3.8) is 0 Å². The molecule has 1 unspecified atom stereocenters. The second kappa shape index (κ2) is 4.73. The van der Waals surface area contributed by atoms with Gasteiger partial charge in [0.25, 0.3) is 0 Å². The second-order valence-electron chi connectivity index (χ2n) is 2.07. The molecule has 0 fully saturated rings. The lowest BCUT2D eigenvalue weighted by Gasteiger charge is -2.07. The van der Waals surface area contributed by atoms with Gasteiger partial charge < -0.3 is 14.6 Å². The number of esters is 1. The summed E-state index contributed by atoms with van der Waals surface area (Å²) >= 11 is 0. The first-order valence-electron chi connectivity index (χ1n) is 3.16. The van der Waals surface area contributed by atoms with Crippen molar-refractivity contribution in [3.05, 3.63) is 12.3 Å². The average Bonchev–Trinajstić information content (AvgIpc) is 1.98. The van der Waals surface area contributed by atoms with Crippen LogP contribution in [-0.4, -0.2) is 30.9 Å². The zero-order chi connectivity index (χ0) is 8.85. The third-order valence-corrected chi connectivity index (χ3v) is 0.912. The molecule has 64 valence electrons. The molecule has 0 aromatic rings. The molecule has 0 rings (SSSR count). The first kappa shape index (κ1) is 9.97. The number of hydrogen-bond acceptors (Lipinski definition) is 4. The second-order valence-corrected chi connectivity index (χ2v) is 2.07. The van der Waals surface area contributed by atoms with Crippen molar-refractivity contribution >= 4 is 5.97 Å². The van der Waals surface area contributed by atoms with E-state index < -0.39 is 12.1 Å². The SMILES string of the molecule is C=C(OCC(C)O)C(=O)OC. The zero-order valence-corrected chi connectivity index (χ0v) is 6.66. The molecular formula is C7H12O4. The number of rotatable bonds is 4. The molecule has 0 aliphatic carbocycles. The molecule has 0 bridgehead atoms. The van der Waals surface area contributed by atoms with Crippen LogP contribution in [0.2, 0.25) is 0 Å². The van der Waals surface area contributed by atoms with Gasteiger partial charge in [0.2, 0.25) is 0 Å². The van der Waals surface area contributed by atoms with Gasteiger partial charge in [-0.05, 0) is 13.5 Å². The third kappa shape index (κ3) is 4.38. The molecule has 1 atom stereocenters. The van der Waals surface area contributed by atoms with E-state index in [9.17, 15) is 4.79 Å². The molecule has 4 nitrogen and oxygen atoms in total. The number of carbonyl (C=O) groups excluding carboxylic acids is 1. The summed E-state index contributed by atoms with van der Waals surface area (Å²) in [7, 11) is 1.24. The predicted molar refractivity (Wildman–Crippen MR) is 38.8 cm³/mol. The molecule has 0 saturated heterocycles. The average molecular weight is 160 g/mol. The van der Waals surface area contributed by atoms with Crippen molar-refractivity contribution < 1.29 is 19.4 Å². The topological polar surface area (TPSA) is 55.8 Å². The van der Waals surface area contributed by atoms with Crippen LogP contribution in [0.25, 0.3) is 0 Å². The smallest absolute Gasteiger partial charge is 0.372 e. The Balaban J connectivity index is 3.61. The lowest BCUT2D eigenvalue weighted by atomic mass is 10.4. The lowest BCUT2D eigenvalue weighted by molar-refractivity contribution is -0.140. The van der Waals surface area contributed by atoms with E-state index in [0.717, 1.165) is 0 Å². The summed E-state index contributed by atoms with van der Waals surface area (Å²) < 4.78 is 9.04. The van der Waals surface area contributed by atoms with Crippen molar-refractivity contribution in [2.45, 2.75) is 13.0 Å². The van der Waals surface area contributed by atoms with Crippen LogP contribution in [0.5, 0.6) is 0 Å². The number of hydrogen-bond donors (Lipinski definition) is 1. The number of aliphatic hydroxyl groups is 1. The lowest BCUT2D eigenvalue weighted by Crippen LogP contribution is -2.14. The highest BCUT2D eigenvalue weighted by atomic mass is 16.6. The van der Waals surface area contributed by atoms with Gasteiger partial charge >= 0.3 is 5.97 Å². The van der Waals surface area contributed by atoms with Gasteiger partial charge in [0.15, 0.2) is 5.76 Å². The molecule has 0 heterocycles. The predicted octanol–water partition coefficient (Wildman–Crippen LogP) is 0.0705. The molecule has 0 aromatic heterocycles. The molecular weight excluding hydrogens is 148 g/mol. The Morgan fingerprint density at radius 3 is 2.64 bits per heavy atom. The summed E-state index contributed by atoms with van der Waals surface area (Å²) in [4.78, 5) is 10.6. The van der Waals surface area contributed by atoms with Crippen molar-refractivity contribution in [3.8, 4) is 0 Å². The van der Waals surface area contributed by atoms with E-state index in [2.05, 4.69) is 11.3 Å². The Hall–Kier alpha value is -1.03. The maximum absolute atomic E-state index is 10.6. The molecule has 0 aliphatic heterocycles. The fourth-order valence-corrected chi connectivity index (χ4v) is 0.394. The number of carbonyl (C=O) groups is 1. The molecule has 0 saturated carbocycles. The van der Waals surface area contributed by atoms with Crippen LogP contribution >= 0.6 is 0 Å². The summed E-state index contributed by atoms with van der Waals surface area (Å²) in [6.07, 6.45) is -0.614. The van der Waals surface area contributed by atoms with Crippen molar-refractivity contribution in [2.24, 2.45) is 0 Å². The number of aliphatic hydroxyl groups excluding tert-OH is 1. The Labute approximate surface area is 65.4 Å². The van der Waals surface area contributed by atoms with Gasteiger partial charge in [-0.2, -0.15) is 0 Å². The summed E-state index contributed by atoms with van der Waals surface area (Å²) in [5, 5.41) is 8.74. The van der Waals surface area contributed by atoms with Gasteiger partial charge in [0.1, 0.15) is 6.61 Å². The molecule has 11 heavy (non-hydrogen) atoms. The Morgan fingerprint density at radius 2 is 2.27 bits per heavy atom. The maximum Gasteiger partial charge on any atom is 0.372 e. The first-order valence-corrected chi connectivity index (χ1v) is 3.16. The largest absolute Gasteiger partial charge is 0.484 e. The molecule has 0 radical (unpaired) electrons. The minimum atomic E-state index is -0.620. The number of methoxy groups -OCH3 is 1. The van der Waals surface area contributed by atoms with Gasteiger partial charge in [-0.15, -0.1) is 0 Å². The van der Waals surface area contributed by atoms with Crippen molar-refractivity contribution in [2.75, 3.05) is 13.7 Å². The van der Waals surface area contributed by atoms with Crippen LogP contribution in [0.1, 0.15) is 6.92 Å². The fourth-order valence-electron chi connectivity index (χ4n) is 0.394. The van der Waals surface area contributed by atoms with Gasteiger partial charge in [-0.3, -0.25) is 0 Å². The van der Waals surface area contributed by atoms with E-state index in [4.69, 9.17) is 9.84 Å². The van der Waals surface area contributed by atoms with E-state index in [1.54, 1.807) is 6.92 Å². The minimum absolute atomic E-state index is 0.0495. The van der Waals surface area contributed by atoms with Crippen LogP contribution in [0.15, 0.2) is 12.3 Å². The molecule has 0 aliphatic rings. The zero-order valence-electron chi connectivity index (χ0n) is 6.66. The van der Waals surface area contributed by atoms with E-state index in [1.165, 1.54) is 7.11 Å². The highest BCUT2D eigenvalue weighted by Gasteiger charge is 2.08. The summed E-state index contributed by atoms with van der Waals surface area (Å²) in [5.74, 6) is -0.709.